The molecule has 0 aromatic rings. The third kappa shape index (κ3) is 8.62. The van der Waals surface area contributed by atoms with E-state index < -0.39 is 11.4 Å². The molecular formula is C27H50O2. The maximum atomic E-state index is 12.8. The van der Waals surface area contributed by atoms with E-state index in [4.69, 9.17) is 0 Å². The molecule has 0 radical (unpaired) electrons. The second-order valence-corrected chi connectivity index (χ2v) is 10.5. The van der Waals surface area contributed by atoms with Crippen LogP contribution in [-0.4, -0.2) is 11.1 Å². The van der Waals surface area contributed by atoms with E-state index in [1.807, 2.05) is 0 Å². The molecule has 1 N–H and O–H groups in total. The molecule has 2 saturated carbocycles. The van der Waals surface area contributed by atoms with Gasteiger partial charge >= 0.3 is 5.97 Å². The van der Waals surface area contributed by atoms with Crippen LogP contribution in [0.4, 0.5) is 0 Å². The van der Waals surface area contributed by atoms with E-state index in [9.17, 15) is 9.90 Å². The SMILES string of the molecule is CC(C(=O)O)(C1CCCCCCCCCCC1)C1CCCCCCCCCCC1. The van der Waals surface area contributed by atoms with E-state index >= 15 is 0 Å². The van der Waals surface area contributed by atoms with Crippen LogP contribution in [0.2, 0.25) is 0 Å². The summed E-state index contributed by atoms with van der Waals surface area (Å²) in [6.45, 7) is 2.16. The maximum absolute atomic E-state index is 12.8. The molecule has 2 heteroatoms. The van der Waals surface area contributed by atoms with E-state index in [1.54, 1.807) is 0 Å². The van der Waals surface area contributed by atoms with Crippen LogP contribution in [0.3, 0.4) is 0 Å². The Kier molecular flexibility index (Phi) is 12.3. The molecule has 0 aromatic heterocycles. The molecule has 0 bridgehead atoms. The maximum Gasteiger partial charge on any atom is 0.309 e. The third-order valence-corrected chi connectivity index (χ3v) is 8.37. The Morgan fingerprint density at radius 1 is 0.517 bits per heavy atom. The normalized spacial score (nSPS) is 24.4. The minimum absolute atomic E-state index is 0.373. The molecule has 0 heterocycles. The standard InChI is InChI=1S/C27H50O2/c1-27(26(28)29,24-20-16-12-8-4-2-5-9-13-17-21-24)25-22-18-14-10-6-3-7-11-15-19-23-25/h24-25H,2-23H2,1H3,(H,28,29). The highest BCUT2D eigenvalue weighted by Crippen LogP contribution is 2.46. The van der Waals surface area contributed by atoms with Crippen LogP contribution >= 0.6 is 0 Å². The first-order chi connectivity index (χ1) is 14.2. The van der Waals surface area contributed by atoms with E-state index in [-0.39, 0.29) is 0 Å². The molecule has 0 aromatic carbocycles. The zero-order valence-corrected chi connectivity index (χ0v) is 19.6. The third-order valence-electron chi connectivity index (χ3n) is 8.37. The fourth-order valence-electron chi connectivity index (χ4n) is 6.21. The van der Waals surface area contributed by atoms with Gasteiger partial charge in [0.15, 0.2) is 0 Å². The number of carboxylic acids is 1. The molecule has 29 heavy (non-hydrogen) atoms. The number of rotatable bonds is 3. The first-order valence-corrected chi connectivity index (χ1v) is 13.4. The molecule has 0 aliphatic heterocycles. The van der Waals surface area contributed by atoms with Crippen molar-refractivity contribution in [1.82, 2.24) is 0 Å². The smallest absolute Gasteiger partial charge is 0.309 e. The van der Waals surface area contributed by atoms with Crippen molar-refractivity contribution in [2.45, 2.75) is 148 Å². The summed E-state index contributed by atoms with van der Waals surface area (Å²) in [5, 5.41) is 10.5. The van der Waals surface area contributed by atoms with Gasteiger partial charge in [-0.15, -0.1) is 0 Å². The topological polar surface area (TPSA) is 37.3 Å². The predicted molar refractivity (Wildman–Crippen MR) is 124 cm³/mol. The molecule has 2 aliphatic carbocycles. The average molecular weight is 407 g/mol. The summed E-state index contributed by atoms with van der Waals surface area (Å²) in [6, 6.07) is 0. The molecular weight excluding hydrogens is 356 g/mol. The van der Waals surface area contributed by atoms with E-state index in [2.05, 4.69) is 6.92 Å². The van der Waals surface area contributed by atoms with Gasteiger partial charge in [0.25, 0.3) is 0 Å². The minimum Gasteiger partial charge on any atom is -0.481 e. The van der Waals surface area contributed by atoms with Crippen molar-refractivity contribution in [3.8, 4) is 0 Å². The van der Waals surface area contributed by atoms with Crippen molar-refractivity contribution in [2.24, 2.45) is 17.3 Å². The van der Waals surface area contributed by atoms with Crippen molar-refractivity contribution >= 4 is 5.97 Å². The van der Waals surface area contributed by atoms with Gasteiger partial charge in [-0.2, -0.15) is 0 Å². The molecule has 0 unspecified atom stereocenters. The van der Waals surface area contributed by atoms with Crippen molar-refractivity contribution < 1.29 is 9.90 Å². The van der Waals surface area contributed by atoms with Gasteiger partial charge in [-0.1, -0.05) is 116 Å². The van der Waals surface area contributed by atoms with Crippen molar-refractivity contribution in [3.05, 3.63) is 0 Å². The number of hydrogen-bond donors (Lipinski definition) is 1. The fraction of sp³-hybridized carbons (Fsp3) is 0.963. The minimum atomic E-state index is -0.520. The molecule has 2 aliphatic rings. The summed E-state index contributed by atoms with van der Waals surface area (Å²) in [4.78, 5) is 12.8. The number of hydrogen-bond acceptors (Lipinski definition) is 1. The van der Waals surface area contributed by atoms with Crippen molar-refractivity contribution in [2.75, 3.05) is 0 Å². The monoisotopic (exact) mass is 406 g/mol. The van der Waals surface area contributed by atoms with Gasteiger partial charge in [0.05, 0.1) is 5.41 Å². The highest BCUT2D eigenvalue weighted by Gasteiger charge is 2.46. The van der Waals surface area contributed by atoms with Gasteiger partial charge in [-0.25, -0.2) is 0 Å². The van der Waals surface area contributed by atoms with Gasteiger partial charge in [0, 0.05) is 0 Å². The number of carboxylic acid groups (broad SMARTS) is 1. The summed E-state index contributed by atoms with van der Waals surface area (Å²) in [5.41, 5.74) is -0.520. The van der Waals surface area contributed by atoms with Crippen molar-refractivity contribution in [3.63, 3.8) is 0 Å². The van der Waals surface area contributed by atoms with Gasteiger partial charge < -0.3 is 5.11 Å². The second kappa shape index (κ2) is 14.5. The molecule has 2 nitrogen and oxygen atoms in total. The summed E-state index contributed by atoms with van der Waals surface area (Å²) >= 11 is 0. The lowest BCUT2D eigenvalue weighted by molar-refractivity contribution is -0.157. The lowest BCUT2D eigenvalue weighted by Gasteiger charge is -2.41. The first-order valence-electron chi connectivity index (χ1n) is 13.4. The molecule has 0 atom stereocenters. The second-order valence-electron chi connectivity index (χ2n) is 10.5. The van der Waals surface area contributed by atoms with Crippen molar-refractivity contribution in [1.29, 1.82) is 0 Å². The molecule has 0 amide bonds. The largest absolute Gasteiger partial charge is 0.481 e. The Labute approximate surface area is 181 Å². The molecule has 0 spiro atoms. The van der Waals surface area contributed by atoms with Crippen LogP contribution in [0, 0.1) is 17.3 Å². The van der Waals surface area contributed by atoms with Crippen LogP contribution in [0.5, 0.6) is 0 Å². The Hall–Kier alpha value is -0.530. The fourth-order valence-corrected chi connectivity index (χ4v) is 6.21. The Balaban J connectivity index is 2.10. The van der Waals surface area contributed by atoms with Crippen LogP contribution in [0.25, 0.3) is 0 Å². The lowest BCUT2D eigenvalue weighted by Crippen LogP contribution is -2.43. The average Bonchev–Trinajstić information content (AvgIpc) is 2.68. The Bertz CT molecular complexity index is 376. The predicted octanol–water partition coefficient (Wildman–Crippen LogP) is 8.92. The Morgan fingerprint density at radius 2 is 0.724 bits per heavy atom. The summed E-state index contributed by atoms with van der Waals surface area (Å²) in [6.07, 6.45) is 28.4. The van der Waals surface area contributed by atoms with Crippen LogP contribution in [0.1, 0.15) is 148 Å². The van der Waals surface area contributed by atoms with Gasteiger partial charge in [-0.3, -0.25) is 4.79 Å². The summed E-state index contributed by atoms with van der Waals surface area (Å²) in [5.74, 6) is 0.251. The van der Waals surface area contributed by atoms with Gasteiger partial charge in [0.1, 0.15) is 0 Å². The molecule has 170 valence electrons. The highest BCUT2D eigenvalue weighted by atomic mass is 16.4. The van der Waals surface area contributed by atoms with E-state index in [1.165, 1.54) is 116 Å². The van der Waals surface area contributed by atoms with Gasteiger partial charge in [0.2, 0.25) is 0 Å². The molecule has 2 rings (SSSR count). The Morgan fingerprint density at radius 3 is 0.931 bits per heavy atom. The molecule has 2 fully saturated rings. The summed E-state index contributed by atoms with van der Waals surface area (Å²) in [7, 11) is 0. The van der Waals surface area contributed by atoms with Crippen LogP contribution in [-0.2, 0) is 4.79 Å². The number of carbonyl (C=O) groups is 1. The highest BCUT2D eigenvalue weighted by molar-refractivity contribution is 5.75. The van der Waals surface area contributed by atoms with Gasteiger partial charge in [-0.05, 0) is 44.4 Å². The zero-order chi connectivity index (χ0) is 20.8. The lowest BCUT2D eigenvalue weighted by atomic mass is 9.62. The van der Waals surface area contributed by atoms with E-state index in [0.717, 1.165) is 25.7 Å². The van der Waals surface area contributed by atoms with Crippen LogP contribution < -0.4 is 0 Å². The van der Waals surface area contributed by atoms with E-state index in [0.29, 0.717) is 11.8 Å². The number of aliphatic carboxylic acids is 1. The first kappa shape index (κ1) is 24.7. The zero-order valence-electron chi connectivity index (χ0n) is 19.6. The molecule has 0 saturated heterocycles. The van der Waals surface area contributed by atoms with Crippen LogP contribution in [0.15, 0.2) is 0 Å². The quantitative estimate of drug-likeness (QED) is 0.508. The summed E-state index contributed by atoms with van der Waals surface area (Å²) < 4.78 is 0.